The van der Waals surface area contributed by atoms with Crippen LogP contribution >= 0.6 is 27.7 Å². The molecule has 74 valence electrons. The van der Waals surface area contributed by atoms with Gasteiger partial charge in [0.25, 0.3) is 0 Å². The molecule has 0 amide bonds. The first-order valence-corrected chi connectivity index (χ1v) is 6.51. The summed E-state index contributed by atoms with van der Waals surface area (Å²) in [5, 5.41) is 10.2. The highest BCUT2D eigenvalue weighted by Crippen LogP contribution is 2.17. The third-order valence-corrected chi connectivity index (χ3v) is 3.38. The molecule has 3 nitrogen and oxygen atoms in total. The zero-order valence-electron chi connectivity index (χ0n) is 7.56. The number of rotatable bonds is 4. The summed E-state index contributed by atoms with van der Waals surface area (Å²) in [6.07, 6.45) is 3.14. The van der Waals surface area contributed by atoms with Crippen LogP contribution in [0.3, 0.4) is 0 Å². The Hall–Kier alpha value is -0.550. The second-order valence-electron chi connectivity index (χ2n) is 2.80. The SMILES string of the molecule is BrCCCSc1nnc2ccccn12. The molecule has 0 saturated heterocycles. The third kappa shape index (κ3) is 2.09. The van der Waals surface area contributed by atoms with E-state index in [2.05, 4.69) is 26.1 Å². The van der Waals surface area contributed by atoms with Crippen molar-refractivity contribution in [2.45, 2.75) is 11.6 Å². The van der Waals surface area contributed by atoms with Crippen LogP contribution in [0.15, 0.2) is 29.6 Å². The highest BCUT2D eigenvalue weighted by Gasteiger charge is 2.03. The molecule has 0 saturated carbocycles. The first-order chi connectivity index (χ1) is 6.92. The molecule has 0 fully saturated rings. The van der Waals surface area contributed by atoms with Crippen molar-refractivity contribution in [1.82, 2.24) is 14.6 Å². The molecule has 0 aliphatic carbocycles. The molecule has 14 heavy (non-hydrogen) atoms. The summed E-state index contributed by atoms with van der Waals surface area (Å²) < 4.78 is 2.01. The fraction of sp³-hybridized carbons (Fsp3) is 0.333. The Morgan fingerprint density at radius 3 is 3.14 bits per heavy atom. The highest BCUT2D eigenvalue weighted by molar-refractivity contribution is 9.09. The number of nitrogens with zero attached hydrogens (tertiary/aromatic N) is 3. The highest BCUT2D eigenvalue weighted by atomic mass is 79.9. The lowest BCUT2D eigenvalue weighted by atomic mass is 10.5. The Kier molecular flexibility index (Phi) is 3.42. The van der Waals surface area contributed by atoms with Crippen LogP contribution < -0.4 is 0 Å². The van der Waals surface area contributed by atoms with Gasteiger partial charge in [-0.25, -0.2) is 0 Å². The zero-order chi connectivity index (χ0) is 9.80. The molecule has 2 heterocycles. The molecule has 0 spiro atoms. The van der Waals surface area contributed by atoms with Crippen LogP contribution in [-0.4, -0.2) is 25.7 Å². The summed E-state index contributed by atoms with van der Waals surface area (Å²) in [5.74, 6) is 1.07. The van der Waals surface area contributed by atoms with Gasteiger partial charge in [-0.1, -0.05) is 33.8 Å². The summed E-state index contributed by atoms with van der Waals surface area (Å²) in [5.41, 5.74) is 0.911. The summed E-state index contributed by atoms with van der Waals surface area (Å²) in [7, 11) is 0. The molecule has 2 aromatic heterocycles. The van der Waals surface area contributed by atoms with Crippen molar-refractivity contribution in [3.8, 4) is 0 Å². The van der Waals surface area contributed by atoms with Gasteiger partial charge in [0.2, 0.25) is 0 Å². The fourth-order valence-corrected chi connectivity index (χ4v) is 2.65. The van der Waals surface area contributed by atoms with Crippen molar-refractivity contribution < 1.29 is 0 Å². The number of hydrogen-bond donors (Lipinski definition) is 0. The van der Waals surface area contributed by atoms with Gasteiger partial charge in [0.15, 0.2) is 10.8 Å². The Morgan fingerprint density at radius 2 is 2.29 bits per heavy atom. The predicted molar refractivity (Wildman–Crippen MR) is 62.1 cm³/mol. The average molecular weight is 272 g/mol. The Bertz CT molecular complexity index is 415. The van der Waals surface area contributed by atoms with E-state index in [-0.39, 0.29) is 0 Å². The van der Waals surface area contributed by atoms with Gasteiger partial charge in [0.1, 0.15) is 0 Å². The first kappa shape index (κ1) is 9.98. The number of aromatic nitrogens is 3. The van der Waals surface area contributed by atoms with Crippen molar-refractivity contribution in [1.29, 1.82) is 0 Å². The monoisotopic (exact) mass is 271 g/mol. The van der Waals surface area contributed by atoms with Gasteiger partial charge in [-0.05, 0) is 18.6 Å². The predicted octanol–water partition coefficient (Wildman–Crippen LogP) is 2.61. The number of hydrogen-bond acceptors (Lipinski definition) is 3. The van der Waals surface area contributed by atoms with Crippen molar-refractivity contribution >= 4 is 33.3 Å². The van der Waals surface area contributed by atoms with E-state index in [1.165, 1.54) is 0 Å². The lowest BCUT2D eigenvalue weighted by Gasteiger charge is -1.97. The fourth-order valence-electron chi connectivity index (χ4n) is 1.14. The van der Waals surface area contributed by atoms with Crippen LogP contribution in [0, 0.1) is 0 Å². The molecule has 0 unspecified atom stereocenters. The standard InChI is InChI=1S/C9H10BrN3S/c10-5-3-7-14-9-12-11-8-4-1-2-6-13(8)9/h1-2,4,6H,3,5,7H2. The van der Waals surface area contributed by atoms with E-state index in [9.17, 15) is 0 Å². The molecule has 0 bridgehead atoms. The first-order valence-electron chi connectivity index (χ1n) is 4.40. The van der Waals surface area contributed by atoms with E-state index in [4.69, 9.17) is 0 Å². The molecule has 0 N–H and O–H groups in total. The molecule has 2 aromatic rings. The van der Waals surface area contributed by atoms with Crippen molar-refractivity contribution in [3.63, 3.8) is 0 Å². The van der Waals surface area contributed by atoms with E-state index in [1.807, 2.05) is 28.8 Å². The van der Waals surface area contributed by atoms with Crippen molar-refractivity contribution in [2.75, 3.05) is 11.1 Å². The summed E-state index contributed by atoms with van der Waals surface area (Å²) >= 11 is 5.15. The zero-order valence-corrected chi connectivity index (χ0v) is 9.96. The number of thioether (sulfide) groups is 1. The van der Waals surface area contributed by atoms with E-state index in [0.717, 1.165) is 28.3 Å². The molecule has 2 rings (SSSR count). The minimum atomic E-state index is 0.911. The average Bonchev–Trinajstić information content (AvgIpc) is 2.63. The number of halogens is 1. The summed E-state index contributed by atoms with van der Waals surface area (Å²) in [4.78, 5) is 0. The van der Waals surface area contributed by atoms with E-state index >= 15 is 0 Å². The van der Waals surface area contributed by atoms with Crippen LogP contribution in [0.25, 0.3) is 5.65 Å². The van der Waals surface area contributed by atoms with Gasteiger partial charge >= 0.3 is 0 Å². The maximum atomic E-state index is 4.13. The van der Waals surface area contributed by atoms with Gasteiger partial charge in [-0.15, -0.1) is 10.2 Å². The third-order valence-electron chi connectivity index (χ3n) is 1.79. The number of fused-ring (bicyclic) bond motifs is 1. The van der Waals surface area contributed by atoms with Crippen LogP contribution in [0.5, 0.6) is 0 Å². The maximum Gasteiger partial charge on any atom is 0.195 e. The molecular formula is C9H10BrN3S. The second kappa shape index (κ2) is 4.79. The molecular weight excluding hydrogens is 262 g/mol. The minimum absolute atomic E-state index is 0.911. The largest absolute Gasteiger partial charge is 0.277 e. The second-order valence-corrected chi connectivity index (χ2v) is 4.66. The van der Waals surface area contributed by atoms with Gasteiger partial charge in [0, 0.05) is 17.3 Å². The quantitative estimate of drug-likeness (QED) is 0.487. The smallest absolute Gasteiger partial charge is 0.195 e. The van der Waals surface area contributed by atoms with E-state index < -0.39 is 0 Å². The number of pyridine rings is 1. The molecule has 0 aromatic carbocycles. The van der Waals surface area contributed by atoms with Crippen LogP contribution in [0.4, 0.5) is 0 Å². The molecule has 0 aliphatic heterocycles. The van der Waals surface area contributed by atoms with Crippen molar-refractivity contribution in [3.05, 3.63) is 24.4 Å². The molecule has 0 radical (unpaired) electrons. The maximum absolute atomic E-state index is 4.13. The normalized spacial score (nSPS) is 10.9. The van der Waals surface area contributed by atoms with Crippen LogP contribution in [0.2, 0.25) is 0 Å². The summed E-state index contributed by atoms with van der Waals surface area (Å²) in [6.45, 7) is 0. The van der Waals surface area contributed by atoms with Gasteiger partial charge in [-0.3, -0.25) is 4.40 Å². The minimum Gasteiger partial charge on any atom is -0.277 e. The Morgan fingerprint density at radius 1 is 1.36 bits per heavy atom. The van der Waals surface area contributed by atoms with Gasteiger partial charge in [-0.2, -0.15) is 0 Å². The summed E-state index contributed by atoms with van der Waals surface area (Å²) in [6, 6.07) is 5.92. The Labute approximate surface area is 95.0 Å². The van der Waals surface area contributed by atoms with Gasteiger partial charge < -0.3 is 0 Å². The number of alkyl halides is 1. The van der Waals surface area contributed by atoms with E-state index in [1.54, 1.807) is 11.8 Å². The van der Waals surface area contributed by atoms with Crippen molar-refractivity contribution in [2.24, 2.45) is 0 Å². The lowest BCUT2D eigenvalue weighted by Crippen LogP contribution is -1.88. The molecule has 5 heteroatoms. The van der Waals surface area contributed by atoms with E-state index in [0.29, 0.717) is 0 Å². The lowest BCUT2D eigenvalue weighted by molar-refractivity contribution is 0.919. The molecule has 0 aliphatic rings. The van der Waals surface area contributed by atoms with Gasteiger partial charge in [0.05, 0.1) is 0 Å². The topological polar surface area (TPSA) is 30.2 Å². The van der Waals surface area contributed by atoms with Crippen LogP contribution in [-0.2, 0) is 0 Å². The molecule has 0 atom stereocenters. The van der Waals surface area contributed by atoms with Crippen LogP contribution in [0.1, 0.15) is 6.42 Å². The Balaban J connectivity index is 2.17.